The molecule has 1 atom stereocenters. The van der Waals surface area contributed by atoms with Crippen molar-refractivity contribution in [1.82, 2.24) is 14.5 Å². The third kappa shape index (κ3) is 3.89. The Kier molecular flexibility index (Phi) is 5.61. The highest BCUT2D eigenvalue weighted by molar-refractivity contribution is 7.10. The average Bonchev–Trinajstić information content (AvgIpc) is 3.28. The number of carbonyl (C=O) groups excluding carboxylic acids is 1. The molecule has 0 aliphatic carbocycles. The van der Waals surface area contributed by atoms with E-state index in [0.717, 1.165) is 18.0 Å². The Morgan fingerprint density at radius 2 is 2.07 bits per heavy atom. The Morgan fingerprint density at radius 3 is 2.76 bits per heavy atom. The number of carbonyl (C=O) groups is 1. The molecule has 4 rings (SSSR count). The third-order valence-electron chi connectivity index (χ3n) is 5.12. The third-order valence-corrected chi connectivity index (χ3v) is 6.09. The van der Waals surface area contributed by atoms with Crippen molar-refractivity contribution in [2.24, 2.45) is 0 Å². The molecular formula is C20H21N3O5S. The van der Waals surface area contributed by atoms with Gasteiger partial charge in [0.25, 0.3) is 5.56 Å². The average molecular weight is 415 g/mol. The quantitative estimate of drug-likeness (QED) is 0.637. The zero-order valence-corrected chi connectivity index (χ0v) is 16.7. The largest absolute Gasteiger partial charge is 0.465 e. The van der Waals surface area contributed by atoms with E-state index in [1.165, 1.54) is 23.8 Å². The van der Waals surface area contributed by atoms with Gasteiger partial charge in [-0.3, -0.25) is 14.3 Å². The summed E-state index contributed by atoms with van der Waals surface area (Å²) in [6.07, 6.45) is 0. The second-order valence-corrected chi connectivity index (χ2v) is 7.76. The number of morpholine rings is 1. The normalized spacial score (nSPS) is 16.0. The number of nitrogens with one attached hydrogen (secondary N) is 1. The van der Waals surface area contributed by atoms with E-state index in [2.05, 4.69) is 9.88 Å². The number of H-pyrrole nitrogens is 1. The zero-order valence-electron chi connectivity index (χ0n) is 15.9. The first-order valence-corrected chi connectivity index (χ1v) is 10.2. The highest BCUT2D eigenvalue weighted by Crippen LogP contribution is 2.27. The van der Waals surface area contributed by atoms with Crippen LogP contribution in [0.3, 0.4) is 0 Å². The van der Waals surface area contributed by atoms with Gasteiger partial charge in [0.2, 0.25) is 0 Å². The van der Waals surface area contributed by atoms with E-state index >= 15 is 0 Å². The van der Waals surface area contributed by atoms with Crippen molar-refractivity contribution in [2.45, 2.75) is 12.6 Å². The van der Waals surface area contributed by atoms with Gasteiger partial charge in [-0.15, -0.1) is 11.3 Å². The number of nitrogens with zero attached hydrogens (tertiary/aromatic N) is 2. The summed E-state index contributed by atoms with van der Waals surface area (Å²) in [6.45, 7) is 2.97. The van der Waals surface area contributed by atoms with E-state index in [0.29, 0.717) is 24.1 Å². The van der Waals surface area contributed by atoms with Gasteiger partial charge in [0.05, 0.1) is 49.4 Å². The standard InChI is InChI=1S/C20H21N3O5S/c1-27-19(25)13-4-5-14-15(11-13)21-20(26)23(18(14)24)12-16(17-3-2-10-29-17)22-6-8-28-9-7-22/h2-5,10-11,16H,6-9,12H2,1H3,(H,21,26). The molecule has 1 N–H and O–H groups in total. The molecule has 8 nitrogen and oxygen atoms in total. The first kappa shape index (κ1) is 19.6. The molecule has 1 aliphatic rings. The molecule has 3 aromatic rings. The summed E-state index contributed by atoms with van der Waals surface area (Å²) in [6, 6.07) is 8.43. The SMILES string of the molecule is COC(=O)c1ccc2c(=O)n(CC(c3cccs3)N3CCOCC3)c(=O)[nH]c2c1. The lowest BCUT2D eigenvalue weighted by molar-refractivity contribution is 0.0126. The molecule has 1 unspecified atom stereocenters. The Bertz CT molecular complexity index is 1130. The number of hydrogen-bond donors (Lipinski definition) is 1. The highest BCUT2D eigenvalue weighted by Gasteiger charge is 2.25. The molecule has 1 aliphatic heterocycles. The smallest absolute Gasteiger partial charge is 0.337 e. The molecular weight excluding hydrogens is 394 g/mol. The van der Waals surface area contributed by atoms with Gasteiger partial charge in [-0.1, -0.05) is 6.07 Å². The van der Waals surface area contributed by atoms with E-state index in [1.807, 2.05) is 17.5 Å². The summed E-state index contributed by atoms with van der Waals surface area (Å²) >= 11 is 1.61. The Labute approximate surface area is 170 Å². The van der Waals surface area contributed by atoms with Crippen molar-refractivity contribution in [3.8, 4) is 0 Å². The minimum Gasteiger partial charge on any atom is -0.465 e. The van der Waals surface area contributed by atoms with Gasteiger partial charge in [-0.2, -0.15) is 0 Å². The maximum atomic E-state index is 13.1. The molecule has 0 radical (unpaired) electrons. The van der Waals surface area contributed by atoms with Gasteiger partial charge in [0.15, 0.2) is 0 Å². The van der Waals surface area contributed by atoms with Crippen LogP contribution in [-0.2, 0) is 16.0 Å². The lowest BCUT2D eigenvalue weighted by atomic mass is 10.1. The van der Waals surface area contributed by atoms with Crippen LogP contribution in [0.2, 0.25) is 0 Å². The number of aromatic amines is 1. The first-order chi connectivity index (χ1) is 14.1. The highest BCUT2D eigenvalue weighted by atomic mass is 32.1. The van der Waals surface area contributed by atoms with Gasteiger partial charge >= 0.3 is 11.7 Å². The zero-order chi connectivity index (χ0) is 20.4. The van der Waals surface area contributed by atoms with E-state index in [4.69, 9.17) is 9.47 Å². The lowest BCUT2D eigenvalue weighted by Gasteiger charge is -2.34. The maximum Gasteiger partial charge on any atom is 0.337 e. The molecule has 3 heterocycles. The summed E-state index contributed by atoms with van der Waals surface area (Å²) < 4.78 is 11.4. The maximum absolute atomic E-state index is 13.1. The van der Waals surface area contributed by atoms with Gasteiger partial charge in [-0.25, -0.2) is 9.59 Å². The number of aromatic nitrogens is 2. The van der Waals surface area contributed by atoms with Crippen LogP contribution in [0.1, 0.15) is 21.3 Å². The second kappa shape index (κ2) is 8.32. The molecule has 1 saturated heterocycles. The Balaban J connectivity index is 1.75. The summed E-state index contributed by atoms with van der Waals surface area (Å²) in [5.41, 5.74) is -0.287. The molecule has 1 fully saturated rings. The predicted octanol–water partition coefficient (Wildman–Crippen LogP) is 1.61. The Hall–Kier alpha value is -2.75. The fourth-order valence-corrected chi connectivity index (χ4v) is 4.45. The molecule has 0 bridgehead atoms. The summed E-state index contributed by atoms with van der Waals surface area (Å²) in [4.78, 5) is 43.6. The van der Waals surface area contributed by atoms with Crippen molar-refractivity contribution < 1.29 is 14.3 Å². The predicted molar refractivity (Wildman–Crippen MR) is 110 cm³/mol. The van der Waals surface area contributed by atoms with Gasteiger partial charge in [0.1, 0.15) is 0 Å². The number of fused-ring (bicyclic) bond motifs is 1. The Morgan fingerprint density at radius 1 is 1.28 bits per heavy atom. The number of ether oxygens (including phenoxy) is 2. The molecule has 29 heavy (non-hydrogen) atoms. The minimum atomic E-state index is -0.526. The number of thiophene rings is 1. The fourth-order valence-electron chi connectivity index (χ4n) is 3.59. The van der Waals surface area contributed by atoms with E-state index < -0.39 is 11.7 Å². The molecule has 2 aromatic heterocycles. The lowest BCUT2D eigenvalue weighted by Crippen LogP contribution is -2.44. The van der Waals surface area contributed by atoms with Crippen LogP contribution in [0.5, 0.6) is 0 Å². The van der Waals surface area contributed by atoms with Gasteiger partial charge in [0, 0.05) is 18.0 Å². The number of esters is 1. The van der Waals surface area contributed by atoms with Crippen molar-refractivity contribution in [3.05, 3.63) is 67.0 Å². The monoisotopic (exact) mass is 415 g/mol. The van der Waals surface area contributed by atoms with Crippen LogP contribution in [0.25, 0.3) is 10.9 Å². The topological polar surface area (TPSA) is 93.6 Å². The summed E-state index contributed by atoms with van der Waals surface area (Å²) in [5.74, 6) is -0.526. The molecule has 9 heteroatoms. The van der Waals surface area contributed by atoms with Crippen LogP contribution in [0.4, 0.5) is 0 Å². The van der Waals surface area contributed by atoms with Crippen LogP contribution in [0, 0.1) is 0 Å². The minimum absolute atomic E-state index is 0.0931. The number of benzene rings is 1. The van der Waals surface area contributed by atoms with E-state index in [9.17, 15) is 14.4 Å². The van der Waals surface area contributed by atoms with Crippen LogP contribution < -0.4 is 11.2 Å². The number of rotatable bonds is 5. The first-order valence-electron chi connectivity index (χ1n) is 9.29. The van der Waals surface area contributed by atoms with E-state index in [1.54, 1.807) is 17.4 Å². The second-order valence-electron chi connectivity index (χ2n) is 6.78. The molecule has 1 aromatic carbocycles. The van der Waals surface area contributed by atoms with E-state index in [-0.39, 0.29) is 23.7 Å². The van der Waals surface area contributed by atoms with Crippen LogP contribution >= 0.6 is 11.3 Å². The summed E-state index contributed by atoms with van der Waals surface area (Å²) in [5, 5.41) is 2.34. The number of hydrogen-bond acceptors (Lipinski definition) is 7. The van der Waals surface area contributed by atoms with Gasteiger partial charge < -0.3 is 14.5 Å². The molecule has 152 valence electrons. The molecule has 0 spiro atoms. The fraction of sp³-hybridized carbons (Fsp3) is 0.350. The van der Waals surface area contributed by atoms with Crippen molar-refractivity contribution in [3.63, 3.8) is 0 Å². The van der Waals surface area contributed by atoms with Crippen LogP contribution in [-0.4, -0.2) is 53.8 Å². The van der Waals surface area contributed by atoms with Crippen molar-refractivity contribution in [1.29, 1.82) is 0 Å². The van der Waals surface area contributed by atoms with Gasteiger partial charge in [-0.05, 0) is 29.6 Å². The molecule has 0 amide bonds. The van der Waals surface area contributed by atoms with Crippen molar-refractivity contribution in [2.75, 3.05) is 33.4 Å². The van der Waals surface area contributed by atoms with Crippen molar-refractivity contribution >= 4 is 28.2 Å². The molecule has 0 saturated carbocycles. The van der Waals surface area contributed by atoms with Crippen LogP contribution in [0.15, 0.2) is 45.3 Å². The number of methoxy groups -OCH3 is 1. The summed E-state index contributed by atoms with van der Waals surface area (Å²) in [7, 11) is 1.28.